The van der Waals surface area contributed by atoms with Gasteiger partial charge >= 0.3 is 0 Å². The SMILES string of the molecule is COc1ccc(F)c(CNC(=O)c2nn(C)c3c2C[C@H](C)O[C@@H]3C)c1. The Morgan fingerprint density at radius 1 is 1.48 bits per heavy atom. The summed E-state index contributed by atoms with van der Waals surface area (Å²) in [6, 6.07) is 4.43. The van der Waals surface area contributed by atoms with E-state index in [2.05, 4.69) is 10.4 Å². The summed E-state index contributed by atoms with van der Waals surface area (Å²) in [5.74, 6) is -0.166. The van der Waals surface area contributed by atoms with Crippen LogP contribution in [0.3, 0.4) is 0 Å². The molecule has 6 nitrogen and oxygen atoms in total. The van der Waals surface area contributed by atoms with Crippen LogP contribution in [-0.4, -0.2) is 28.9 Å². The second-order valence-corrected chi connectivity index (χ2v) is 6.27. The molecule has 0 spiro atoms. The van der Waals surface area contributed by atoms with Gasteiger partial charge in [-0.2, -0.15) is 5.10 Å². The van der Waals surface area contributed by atoms with Gasteiger partial charge in [-0.3, -0.25) is 9.48 Å². The van der Waals surface area contributed by atoms with Crippen LogP contribution in [0.25, 0.3) is 0 Å². The topological polar surface area (TPSA) is 65.4 Å². The highest BCUT2D eigenvalue weighted by atomic mass is 19.1. The minimum Gasteiger partial charge on any atom is -0.497 e. The van der Waals surface area contributed by atoms with E-state index in [-0.39, 0.29) is 30.5 Å². The van der Waals surface area contributed by atoms with Crippen LogP contribution in [0.2, 0.25) is 0 Å². The molecule has 1 aromatic heterocycles. The fraction of sp³-hybridized carbons (Fsp3) is 0.444. The Hall–Kier alpha value is -2.41. The summed E-state index contributed by atoms with van der Waals surface area (Å²) in [7, 11) is 3.31. The number of ether oxygens (including phenoxy) is 2. The molecule has 0 saturated heterocycles. The molecule has 1 aliphatic heterocycles. The smallest absolute Gasteiger partial charge is 0.272 e. The molecule has 2 aromatic rings. The highest BCUT2D eigenvalue weighted by Gasteiger charge is 2.31. The third-order valence-corrected chi connectivity index (χ3v) is 4.41. The summed E-state index contributed by atoms with van der Waals surface area (Å²) >= 11 is 0. The molecule has 2 heterocycles. The summed E-state index contributed by atoms with van der Waals surface area (Å²) in [6.07, 6.45) is 0.534. The fourth-order valence-electron chi connectivity index (χ4n) is 3.29. The van der Waals surface area contributed by atoms with Crippen molar-refractivity contribution in [2.24, 2.45) is 7.05 Å². The fourth-order valence-corrected chi connectivity index (χ4v) is 3.29. The van der Waals surface area contributed by atoms with E-state index in [9.17, 15) is 9.18 Å². The summed E-state index contributed by atoms with van der Waals surface area (Å²) in [4.78, 5) is 12.6. The second kappa shape index (κ2) is 6.84. The number of benzene rings is 1. The molecule has 25 heavy (non-hydrogen) atoms. The van der Waals surface area contributed by atoms with E-state index in [4.69, 9.17) is 9.47 Å². The zero-order valence-electron chi connectivity index (χ0n) is 14.8. The van der Waals surface area contributed by atoms with Gasteiger partial charge in [0.1, 0.15) is 11.6 Å². The number of hydrogen-bond donors (Lipinski definition) is 1. The van der Waals surface area contributed by atoms with E-state index < -0.39 is 0 Å². The summed E-state index contributed by atoms with van der Waals surface area (Å²) in [5, 5.41) is 7.10. The van der Waals surface area contributed by atoms with Crippen molar-refractivity contribution in [3.8, 4) is 5.75 Å². The van der Waals surface area contributed by atoms with E-state index in [0.29, 0.717) is 23.4 Å². The number of carbonyl (C=O) groups is 1. The number of amides is 1. The highest BCUT2D eigenvalue weighted by molar-refractivity contribution is 5.94. The maximum Gasteiger partial charge on any atom is 0.272 e. The van der Waals surface area contributed by atoms with Crippen molar-refractivity contribution < 1.29 is 18.7 Å². The molecule has 1 amide bonds. The average molecular weight is 347 g/mol. The molecule has 7 heteroatoms. The van der Waals surface area contributed by atoms with Gasteiger partial charge in [0.2, 0.25) is 0 Å². The molecule has 3 rings (SSSR count). The zero-order chi connectivity index (χ0) is 18.1. The van der Waals surface area contributed by atoms with Gasteiger partial charge in [-0.1, -0.05) is 0 Å². The number of methoxy groups -OCH3 is 1. The Labute approximate surface area is 145 Å². The Kier molecular flexibility index (Phi) is 4.76. The van der Waals surface area contributed by atoms with Gasteiger partial charge < -0.3 is 14.8 Å². The van der Waals surface area contributed by atoms with Gasteiger partial charge in [0.25, 0.3) is 5.91 Å². The lowest BCUT2D eigenvalue weighted by Crippen LogP contribution is -2.27. The van der Waals surface area contributed by atoms with E-state index in [1.54, 1.807) is 23.9 Å². The predicted molar refractivity (Wildman–Crippen MR) is 90.0 cm³/mol. The summed E-state index contributed by atoms with van der Waals surface area (Å²) in [5.41, 5.74) is 2.55. The maximum absolute atomic E-state index is 13.9. The number of carbonyl (C=O) groups excluding carboxylic acids is 1. The molecule has 0 radical (unpaired) electrons. The Balaban J connectivity index is 1.80. The van der Waals surface area contributed by atoms with E-state index >= 15 is 0 Å². The monoisotopic (exact) mass is 347 g/mol. The molecule has 1 aromatic carbocycles. The van der Waals surface area contributed by atoms with Crippen LogP contribution in [0, 0.1) is 5.82 Å². The minimum absolute atomic E-state index is 0.0223. The van der Waals surface area contributed by atoms with E-state index in [1.165, 1.54) is 13.2 Å². The Bertz CT molecular complexity index is 803. The molecular formula is C18H22FN3O3. The number of halogens is 1. The van der Waals surface area contributed by atoms with Crippen molar-refractivity contribution in [1.82, 2.24) is 15.1 Å². The van der Waals surface area contributed by atoms with Crippen molar-refractivity contribution in [2.45, 2.75) is 39.0 Å². The summed E-state index contributed by atoms with van der Waals surface area (Å²) < 4.78 is 26.5. The largest absolute Gasteiger partial charge is 0.497 e. The molecule has 0 bridgehead atoms. The number of hydrogen-bond acceptors (Lipinski definition) is 4. The van der Waals surface area contributed by atoms with Crippen molar-refractivity contribution >= 4 is 5.91 Å². The average Bonchev–Trinajstić information content (AvgIpc) is 2.90. The standard InChI is InChI=1S/C18H22FN3O3/c1-10-7-14-16(21-22(3)17(14)11(2)25-10)18(23)20-9-12-8-13(24-4)5-6-15(12)19/h5-6,8,10-11H,7,9H2,1-4H3,(H,20,23)/t10-,11+/m0/s1. The number of fused-ring (bicyclic) bond motifs is 1. The van der Waals surface area contributed by atoms with Crippen molar-refractivity contribution in [2.75, 3.05) is 7.11 Å². The van der Waals surface area contributed by atoms with Gasteiger partial charge in [0.15, 0.2) is 5.69 Å². The molecule has 2 atom stereocenters. The molecule has 134 valence electrons. The van der Waals surface area contributed by atoms with Gasteiger partial charge in [0, 0.05) is 31.1 Å². The zero-order valence-corrected chi connectivity index (χ0v) is 14.8. The first-order valence-electron chi connectivity index (χ1n) is 8.22. The number of rotatable bonds is 4. The first-order valence-corrected chi connectivity index (χ1v) is 8.22. The van der Waals surface area contributed by atoms with Gasteiger partial charge in [-0.25, -0.2) is 4.39 Å². The Morgan fingerprint density at radius 3 is 2.96 bits per heavy atom. The minimum atomic E-state index is -0.389. The van der Waals surface area contributed by atoms with Gasteiger partial charge in [-0.05, 0) is 32.0 Å². The van der Waals surface area contributed by atoms with E-state index in [1.807, 2.05) is 13.8 Å². The first kappa shape index (κ1) is 17.4. The summed E-state index contributed by atoms with van der Waals surface area (Å²) in [6.45, 7) is 3.98. The van der Waals surface area contributed by atoms with E-state index in [0.717, 1.165) is 11.3 Å². The molecule has 0 saturated carbocycles. The van der Waals surface area contributed by atoms with Crippen LogP contribution in [0.15, 0.2) is 18.2 Å². The first-order chi connectivity index (χ1) is 11.9. The molecular weight excluding hydrogens is 325 g/mol. The van der Waals surface area contributed by atoms with Crippen LogP contribution in [0.1, 0.15) is 47.3 Å². The Morgan fingerprint density at radius 2 is 2.24 bits per heavy atom. The second-order valence-electron chi connectivity index (χ2n) is 6.27. The third kappa shape index (κ3) is 3.37. The quantitative estimate of drug-likeness (QED) is 0.923. The van der Waals surface area contributed by atoms with Crippen LogP contribution >= 0.6 is 0 Å². The number of nitrogens with zero attached hydrogens (tertiary/aromatic N) is 2. The third-order valence-electron chi connectivity index (χ3n) is 4.41. The lowest BCUT2D eigenvalue weighted by molar-refractivity contribution is -0.00903. The molecule has 0 unspecified atom stereocenters. The lowest BCUT2D eigenvalue weighted by Gasteiger charge is -2.26. The molecule has 0 aliphatic carbocycles. The van der Waals surface area contributed by atoms with Crippen LogP contribution in [0.5, 0.6) is 5.75 Å². The van der Waals surface area contributed by atoms with Crippen molar-refractivity contribution in [3.63, 3.8) is 0 Å². The molecule has 0 fully saturated rings. The number of aromatic nitrogens is 2. The number of nitrogens with one attached hydrogen (secondary N) is 1. The van der Waals surface area contributed by atoms with Crippen LogP contribution < -0.4 is 10.1 Å². The van der Waals surface area contributed by atoms with Gasteiger partial charge in [-0.15, -0.1) is 0 Å². The van der Waals surface area contributed by atoms with Gasteiger partial charge in [0.05, 0.1) is 25.0 Å². The van der Waals surface area contributed by atoms with Crippen LogP contribution in [0.4, 0.5) is 4.39 Å². The lowest BCUT2D eigenvalue weighted by atomic mass is 9.99. The molecule has 1 N–H and O–H groups in total. The molecule has 1 aliphatic rings. The maximum atomic E-state index is 13.9. The van der Waals surface area contributed by atoms with Crippen molar-refractivity contribution in [3.05, 3.63) is 46.5 Å². The normalized spacial score (nSPS) is 19.4. The number of aryl methyl sites for hydroxylation is 1. The predicted octanol–water partition coefficient (Wildman–Crippen LogP) is 2.52. The highest BCUT2D eigenvalue weighted by Crippen LogP contribution is 2.31. The van der Waals surface area contributed by atoms with Crippen molar-refractivity contribution in [1.29, 1.82) is 0 Å². The van der Waals surface area contributed by atoms with Crippen LogP contribution in [-0.2, 0) is 24.8 Å².